The van der Waals surface area contributed by atoms with E-state index in [4.69, 9.17) is 9.47 Å². The monoisotopic (exact) mass is 336 g/mol. The van der Waals surface area contributed by atoms with Gasteiger partial charge >= 0.3 is 0 Å². The summed E-state index contributed by atoms with van der Waals surface area (Å²) in [5.41, 5.74) is 0. The molecule has 0 aliphatic carbocycles. The molecule has 0 amide bonds. The average Bonchev–Trinajstić information content (AvgIpc) is 2.47. The molecule has 0 saturated carbocycles. The van der Waals surface area contributed by atoms with Crippen molar-refractivity contribution in [2.24, 2.45) is 0 Å². The van der Waals surface area contributed by atoms with Crippen molar-refractivity contribution in [2.45, 2.75) is 45.5 Å². The van der Waals surface area contributed by atoms with Gasteiger partial charge in [0.2, 0.25) is 0 Å². The maximum Gasteiger partial charge on any atom is 0.0701 e. The van der Waals surface area contributed by atoms with Crippen LogP contribution in [0.25, 0.3) is 0 Å². The Morgan fingerprint density at radius 1 is 0.913 bits per heavy atom. The van der Waals surface area contributed by atoms with Crippen LogP contribution in [0, 0.1) is 0 Å². The van der Waals surface area contributed by atoms with Gasteiger partial charge in [-0.1, -0.05) is 6.92 Å². The molecule has 4 N–H and O–H groups in total. The topological polar surface area (TPSA) is 94.4 Å². The molecule has 3 unspecified atom stereocenters. The van der Waals surface area contributed by atoms with Crippen LogP contribution in [0.15, 0.2) is 0 Å². The summed E-state index contributed by atoms with van der Waals surface area (Å²) in [6, 6.07) is 0. The molecule has 0 radical (unpaired) electrons. The van der Waals surface area contributed by atoms with E-state index in [0.717, 1.165) is 6.42 Å². The first kappa shape index (κ1) is 22.7. The van der Waals surface area contributed by atoms with Gasteiger partial charge in [0, 0.05) is 32.7 Å². The lowest BCUT2D eigenvalue weighted by atomic mass is 10.3. The summed E-state index contributed by atoms with van der Waals surface area (Å²) >= 11 is 0. The molecule has 0 aromatic rings. The van der Waals surface area contributed by atoms with Crippen molar-refractivity contribution in [1.29, 1.82) is 0 Å². The molecule has 7 nitrogen and oxygen atoms in total. The number of nitrogens with one attached hydrogen (secondary N) is 1. The van der Waals surface area contributed by atoms with E-state index in [1.165, 1.54) is 0 Å². The SMILES string of the molecule is CCC(O)CNCCOCCOCCN(CC(C)O)CC(C)O. The third-order valence-electron chi connectivity index (χ3n) is 3.24. The number of aliphatic hydroxyl groups excluding tert-OH is 3. The molecule has 23 heavy (non-hydrogen) atoms. The summed E-state index contributed by atoms with van der Waals surface area (Å²) < 4.78 is 10.9. The normalized spacial score (nSPS) is 15.8. The van der Waals surface area contributed by atoms with Gasteiger partial charge in [-0.2, -0.15) is 0 Å². The molecular formula is C16H36N2O5. The fraction of sp³-hybridized carbons (Fsp3) is 1.00. The molecule has 0 aliphatic heterocycles. The van der Waals surface area contributed by atoms with Gasteiger partial charge < -0.3 is 30.1 Å². The smallest absolute Gasteiger partial charge is 0.0701 e. The Morgan fingerprint density at radius 2 is 1.48 bits per heavy atom. The van der Waals surface area contributed by atoms with Crippen LogP contribution in [-0.2, 0) is 9.47 Å². The highest BCUT2D eigenvalue weighted by atomic mass is 16.5. The zero-order valence-electron chi connectivity index (χ0n) is 14.9. The van der Waals surface area contributed by atoms with Gasteiger partial charge in [0.05, 0.1) is 44.7 Å². The quantitative estimate of drug-likeness (QED) is 0.281. The minimum Gasteiger partial charge on any atom is -0.392 e. The van der Waals surface area contributed by atoms with Gasteiger partial charge in [-0.15, -0.1) is 0 Å². The number of ether oxygens (including phenoxy) is 2. The molecule has 7 heteroatoms. The highest BCUT2D eigenvalue weighted by Gasteiger charge is 2.10. The number of hydrogen-bond donors (Lipinski definition) is 4. The molecule has 140 valence electrons. The molecule has 0 heterocycles. The van der Waals surface area contributed by atoms with Crippen LogP contribution in [0.3, 0.4) is 0 Å². The maximum atomic E-state index is 9.42. The predicted octanol–water partition coefficient (Wildman–Crippen LogP) is -0.556. The first-order valence-corrected chi connectivity index (χ1v) is 8.58. The minimum absolute atomic E-state index is 0.287. The van der Waals surface area contributed by atoms with Crippen LogP contribution in [0.4, 0.5) is 0 Å². The standard InChI is InChI=1S/C16H36N2O5/c1-4-16(21)11-17-5-7-22-9-10-23-8-6-18(12-14(2)19)13-15(3)20/h14-17,19-21H,4-13H2,1-3H3. The average molecular weight is 336 g/mol. The van der Waals surface area contributed by atoms with Crippen LogP contribution < -0.4 is 5.32 Å². The summed E-state index contributed by atoms with van der Waals surface area (Å²) in [5.74, 6) is 0. The Balaban J connectivity index is 3.45. The second-order valence-electron chi connectivity index (χ2n) is 5.95. The fourth-order valence-corrected chi connectivity index (χ4v) is 2.08. The largest absolute Gasteiger partial charge is 0.392 e. The molecule has 0 spiro atoms. The molecule has 0 aromatic heterocycles. The summed E-state index contributed by atoms with van der Waals surface area (Å²) in [6.45, 7) is 10.6. The van der Waals surface area contributed by atoms with E-state index in [9.17, 15) is 15.3 Å². The van der Waals surface area contributed by atoms with E-state index in [2.05, 4.69) is 5.32 Å². The van der Waals surface area contributed by atoms with Gasteiger partial charge in [-0.25, -0.2) is 0 Å². The van der Waals surface area contributed by atoms with Crippen molar-refractivity contribution in [3.05, 3.63) is 0 Å². The molecule has 0 aromatic carbocycles. The van der Waals surface area contributed by atoms with Crippen LogP contribution in [0.5, 0.6) is 0 Å². The molecule has 0 aliphatic rings. The van der Waals surface area contributed by atoms with Gasteiger partial charge in [0.1, 0.15) is 0 Å². The summed E-state index contributed by atoms with van der Waals surface area (Å²) in [6.07, 6.45) is -0.376. The first-order valence-electron chi connectivity index (χ1n) is 8.58. The number of rotatable bonds is 16. The van der Waals surface area contributed by atoms with Crippen LogP contribution in [0.2, 0.25) is 0 Å². The van der Waals surface area contributed by atoms with E-state index in [1.54, 1.807) is 13.8 Å². The molecule has 3 atom stereocenters. The summed E-state index contributed by atoms with van der Waals surface area (Å²) in [5, 5.41) is 31.3. The molecule has 0 saturated heterocycles. The number of hydrogen-bond acceptors (Lipinski definition) is 7. The van der Waals surface area contributed by atoms with E-state index < -0.39 is 12.2 Å². The third kappa shape index (κ3) is 16.4. The Bertz CT molecular complexity index is 245. The Morgan fingerprint density at radius 3 is 2.00 bits per heavy atom. The maximum absolute atomic E-state index is 9.42. The Hall–Kier alpha value is -0.280. The third-order valence-corrected chi connectivity index (χ3v) is 3.24. The van der Waals surface area contributed by atoms with Crippen LogP contribution in [0.1, 0.15) is 27.2 Å². The fourth-order valence-electron chi connectivity index (χ4n) is 2.08. The Labute approximate surface area is 140 Å². The van der Waals surface area contributed by atoms with Gasteiger partial charge in [0.25, 0.3) is 0 Å². The molecule has 0 bridgehead atoms. The van der Waals surface area contributed by atoms with Gasteiger partial charge in [-0.3, -0.25) is 4.90 Å². The van der Waals surface area contributed by atoms with Crippen molar-refractivity contribution < 1.29 is 24.8 Å². The lowest BCUT2D eigenvalue weighted by Crippen LogP contribution is -2.38. The first-order chi connectivity index (χ1) is 11.0. The summed E-state index contributed by atoms with van der Waals surface area (Å²) in [7, 11) is 0. The van der Waals surface area contributed by atoms with Crippen molar-refractivity contribution in [1.82, 2.24) is 10.2 Å². The van der Waals surface area contributed by atoms with E-state index in [1.807, 2.05) is 11.8 Å². The molecule has 0 fully saturated rings. The van der Waals surface area contributed by atoms with Crippen LogP contribution >= 0.6 is 0 Å². The van der Waals surface area contributed by atoms with Crippen molar-refractivity contribution >= 4 is 0 Å². The second-order valence-corrected chi connectivity index (χ2v) is 5.95. The molecule has 0 rings (SSSR count). The van der Waals surface area contributed by atoms with E-state index >= 15 is 0 Å². The van der Waals surface area contributed by atoms with Crippen LogP contribution in [-0.4, -0.2) is 97.7 Å². The molecular weight excluding hydrogens is 300 g/mol. The highest BCUT2D eigenvalue weighted by molar-refractivity contribution is 4.64. The lowest BCUT2D eigenvalue weighted by molar-refractivity contribution is 0.0250. The van der Waals surface area contributed by atoms with Gasteiger partial charge in [0.15, 0.2) is 0 Å². The zero-order valence-corrected chi connectivity index (χ0v) is 14.9. The number of nitrogens with zero attached hydrogens (tertiary/aromatic N) is 1. The van der Waals surface area contributed by atoms with E-state index in [0.29, 0.717) is 59.2 Å². The number of aliphatic hydroxyl groups is 3. The van der Waals surface area contributed by atoms with Gasteiger partial charge in [-0.05, 0) is 20.3 Å². The highest BCUT2D eigenvalue weighted by Crippen LogP contribution is 1.96. The van der Waals surface area contributed by atoms with Crippen molar-refractivity contribution in [3.8, 4) is 0 Å². The van der Waals surface area contributed by atoms with Crippen molar-refractivity contribution in [3.63, 3.8) is 0 Å². The zero-order chi connectivity index (χ0) is 17.5. The predicted molar refractivity (Wildman–Crippen MR) is 90.6 cm³/mol. The van der Waals surface area contributed by atoms with E-state index in [-0.39, 0.29) is 6.10 Å². The summed E-state index contributed by atoms with van der Waals surface area (Å²) in [4.78, 5) is 1.99. The van der Waals surface area contributed by atoms with Crippen molar-refractivity contribution in [2.75, 3.05) is 59.2 Å². The minimum atomic E-state index is -0.421. The Kier molecular flexibility index (Phi) is 15.1. The second kappa shape index (κ2) is 15.3. The lowest BCUT2D eigenvalue weighted by Gasteiger charge is -2.24.